The number of aromatic nitrogens is 2. The second kappa shape index (κ2) is 6.30. The van der Waals surface area contributed by atoms with Crippen LogP contribution in [0.4, 0.5) is 0 Å². The highest BCUT2D eigenvalue weighted by Crippen LogP contribution is 2.22. The Hall–Kier alpha value is -2.53. The van der Waals surface area contributed by atoms with E-state index in [-0.39, 0.29) is 5.91 Å². The lowest BCUT2D eigenvalue weighted by molar-refractivity contribution is -0.122. The number of fused-ring (bicyclic) bond motifs is 1. The number of carbonyl (C=O) groups excluding carboxylic acids is 1. The molecular formula is C17H16ClN3O2. The van der Waals surface area contributed by atoms with Crippen molar-refractivity contribution in [2.75, 3.05) is 5.43 Å². The van der Waals surface area contributed by atoms with Gasteiger partial charge in [0.2, 0.25) is 0 Å². The molecule has 3 aromatic rings. The highest BCUT2D eigenvalue weighted by molar-refractivity contribution is 6.31. The van der Waals surface area contributed by atoms with E-state index < -0.39 is 6.10 Å². The molecule has 2 aromatic carbocycles. The van der Waals surface area contributed by atoms with Gasteiger partial charge in [-0.15, -0.1) is 0 Å². The van der Waals surface area contributed by atoms with Gasteiger partial charge in [-0.3, -0.25) is 10.2 Å². The Morgan fingerprint density at radius 2 is 2.09 bits per heavy atom. The summed E-state index contributed by atoms with van der Waals surface area (Å²) in [7, 11) is 0. The number of amides is 1. The summed E-state index contributed by atoms with van der Waals surface area (Å²) in [5.41, 5.74) is 5.32. The van der Waals surface area contributed by atoms with E-state index in [0.717, 1.165) is 16.6 Å². The number of para-hydroxylation sites is 2. The molecule has 6 heteroatoms. The molecule has 0 saturated heterocycles. The molecule has 5 nitrogen and oxygen atoms in total. The maximum Gasteiger partial charge on any atom is 0.279 e. The standard InChI is InChI=1S/C17H16ClN3O2/c1-11-9-13(7-8-14(11)18)23-12(2)17(22)20-21-10-19-15-5-3-4-6-16(15)21/h3-10,12H,1-2H3,(H,20,22)/t12-/m0/s1. The van der Waals surface area contributed by atoms with Gasteiger partial charge in [-0.25, -0.2) is 9.66 Å². The Bertz CT molecular complexity index is 860. The fourth-order valence-corrected chi connectivity index (χ4v) is 2.32. The molecular weight excluding hydrogens is 314 g/mol. The fourth-order valence-electron chi connectivity index (χ4n) is 2.21. The molecule has 1 amide bonds. The third-order valence-corrected chi connectivity index (χ3v) is 3.92. The SMILES string of the molecule is Cc1cc(O[C@@H](C)C(=O)Nn2cnc3ccccc32)ccc1Cl. The number of nitrogens with one attached hydrogen (secondary N) is 1. The van der Waals surface area contributed by atoms with Crippen LogP contribution in [0, 0.1) is 6.92 Å². The zero-order valence-electron chi connectivity index (χ0n) is 12.8. The van der Waals surface area contributed by atoms with E-state index in [2.05, 4.69) is 10.4 Å². The number of hydrogen-bond donors (Lipinski definition) is 1. The smallest absolute Gasteiger partial charge is 0.279 e. The van der Waals surface area contributed by atoms with Gasteiger partial charge in [0.15, 0.2) is 6.10 Å². The molecule has 118 valence electrons. The second-order valence-electron chi connectivity index (χ2n) is 5.25. The summed E-state index contributed by atoms with van der Waals surface area (Å²) in [6.07, 6.45) is 0.915. The molecule has 0 saturated carbocycles. The predicted molar refractivity (Wildman–Crippen MR) is 90.4 cm³/mol. The number of rotatable bonds is 4. The summed E-state index contributed by atoms with van der Waals surface area (Å²) in [5.74, 6) is 0.339. The minimum Gasteiger partial charge on any atom is -0.481 e. The normalized spacial score (nSPS) is 12.1. The lowest BCUT2D eigenvalue weighted by Crippen LogP contribution is -2.34. The Kier molecular flexibility index (Phi) is 4.21. The van der Waals surface area contributed by atoms with E-state index in [9.17, 15) is 4.79 Å². The maximum atomic E-state index is 12.3. The zero-order valence-corrected chi connectivity index (χ0v) is 13.5. The first kappa shape index (κ1) is 15.4. The summed E-state index contributed by atoms with van der Waals surface area (Å²) in [6.45, 7) is 3.58. The molecule has 0 aliphatic carbocycles. The molecule has 0 spiro atoms. The number of imidazole rings is 1. The molecule has 0 radical (unpaired) electrons. The van der Waals surface area contributed by atoms with Gasteiger partial charge >= 0.3 is 0 Å². The average Bonchev–Trinajstić information content (AvgIpc) is 2.94. The van der Waals surface area contributed by atoms with Crippen molar-refractivity contribution in [1.29, 1.82) is 0 Å². The molecule has 0 fully saturated rings. The van der Waals surface area contributed by atoms with Gasteiger partial charge in [0, 0.05) is 5.02 Å². The van der Waals surface area contributed by atoms with Crippen molar-refractivity contribution in [3.63, 3.8) is 0 Å². The number of aryl methyl sites for hydroxylation is 1. The van der Waals surface area contributed by atoms with Crippen molar-refractivity contribution in [2.45, 2.75) is 20.0 Å². The van der Waals surface area contributed by atoms with Crippen LogP contribution in [-0.2, 0) is 4.79 Å². The Labute approximate surface area is 138 Å². The molecule has 1 heterocycles. The van der Waals surface area contributed by atoms with Crippen LogP contribution in [0.2, 0.25) is 5.02 Å². The summed E-state index contributed by atoms with van der Waals surface area (Å²) in [5, 5.41) is 0.666. The van der Waals surface area contributed by atoms with Gasteiger partial charge < -0.3 is 4.74 Å². The summed E-state index contributed by atoms with van der Waals surface area (Å²) in [6, 6.07) is 12.9. The molecule has 1 atom stereocenters. The molecule has 0 aliphatic heterocycles. The first-order valence-corrected chi connectivity index (χ1v) is 7.58. The minimum absolute atomic E-state index is 0.263. The van der Waals surface area contributed by atoms with Crippen molar-refractivity contribution in [1.82, 2.24) is 9.66 Å². The van der Waals surface area contributed by atoms with Crippen molar-refractivity contribution in [3.05, 3.63) is 59.4 Å². The molecule has 0 bridgehead atoms. The van der Waals surface area contributed by atoms with Crippen molar-refractivity contribution < 1.29 is 9.53 Å². The van der Waals surface area contributed by atoms with E-state index in [4.69, 9.17) is 16.3 Å². The van der Waals surface area contributed by atoms with E-state index >= 15 is 0 Å². The van der Waals surface area contributed by atoms with Crippen LogP contribution in [0.15, 0.2) is 48.8 Å². The van der Waals surface area contributed by atoms with Crippen LogP contribution in [0.3, 0.4) is 0 Å². The lowest BCUT2D eigenvalue weighted by atomic mass is 10.2. The van der Waals surface area contributed by atoms with E-state index in [1.807, 2.05) is 31.2 Å². The van der Waals surface area contributed by atoms with E-state index in [1.165, 1.54) is 0 Å². The number of nitrogens with zero attached hydrogens (tertiary/aromatic N) is 2. The second-order valence-corrected chi connectivity index (χ2v) is 5.66. The maximum absolute atomic E-state index is 12.3. The molecule has 23 heavy (non-hydrogen) atoms. The summed E-state index contributed by atoms with van der Waals surface area (Å²) < 4.78 is 7.26. The van der Waals surface area contributed by atoms with Gasteiger partial charge in [-0.1, -0.05) is 23.7 Å². The molecule has 1 N–H and O–H groups in total. The van der Waals surface area contributed by atoms with Crippen LogP contribution in [0.5, 0.6) is 5.75 Å². The number of carbonyl (C=O) groups is 1. The lowest BCUT2D eigenvalue weighted by Gasteiger charge is -2.16. The Morgan fingerprint density at radius 3 is 2.87 bits per heavy atom. The van der Waals surface area contributed by atoms with Crippen molar-refractivity contribution >= 4 is 28.5 Å². The van der Waals surface area contributed by atoms with E-state index in [1.54, 1.807) is 36.1 Å². The van der Waals surface area contributed by atoms with Crippen LogP contribution in [0.25, 0.3) is 11.0 Å². The van der Waals surface area contributed by atoms with Crippen LogP contribution in [-0.4, -0.2) is 21.7 Å². The van der Waals surface area contributed by atoms with Gasteiger partial charge in [0.1, 0.15) is 12.1 Å². The van der Waals surface area contributed by atoms with Gasteiger partial charge in [0.05, 0.1) is 11.0 Å². The number of benzene rings is 2. The number of hydrogen-bond acceptors (Lipinski definition) is 3. The Morgan fingerprint density at radius 1 is 1.30 bits per heavy atom. The van der Waals surface area contributed by atoms with Gasteiger partial charge in [-0.2, -0.15) is 0 Å². The van der Waals surface area contributed by atoms with Crippen LogP contribution >= 0.6 is 11.6 Å². The number of ether oxygens (including phenoxy) is 1. The highest BCUT2D eigenvalue weighted by Gasteiger charge is 2.16. The first-order chi connectivity index (χ1) is 11.0. The van der Waals surface area contributed by atoms with Crippen LogP contribution < -0.4 is 10.2 Å². The third kappa shape index (κ3) is 3.29. The van der Waals surface area contributed by atoms with Gasteiger partial charge in [-0.05, 0) is 49.7 Å². The minimum atomic E-state index is -0.656. The summed E-state index contributed by atoms with van der Waals surface area (Å²) in [4.78, 5) is 16.5. The topological polar surface area (TPSA) is 56.1 Å². The zero-order chi connectivity index (χ0) is 16.4. The Balaban J connectivity index is 1.71. The fraction of sp³-hybridized carbons (Fsp3) is 0.176. The van der Waals surface area contributed by atoms with E-state index in [0.29, 0.717) is 10.8 Å². The van der Waals surface area contributed by atoms with Crippen LogP contribution in [0.1, 0.15) is 12.5 Å². The molecule has 1 aromatic heterocycles. The average molecular weight is 330 g/mol. The van der Waals surface area contributed by atoms with Crippen molar-refractivity contribution in [2.24, 2.45) is 0 Å². The largest absolute Gasteiger partial charge is 0.481 e. The third-order valence-electron chi connectivity index (χ3n) is 3.50. The molecule has 0 aliphatic rings. The first-order valence-electron chi connectivity index (χ1n) is 7.20. The highest BCUT2D eigenvalue weighted by atomic mass is 35.5. The van der Waals surface area contributed by atoms with Gasteiger partial charge in [0.25, 0.3) is 5.91 Å². The monoisotopic (exact) mass is 329 g/mol. The predicted octanol–water partition coefficient (Wildman–Crippen LogP) is 3.54. The molecule has 0 unspecified atom stereocenters. The summed E-state index contributed by atoms with van der Waals surface area (Å²) >= 11 is 5.98. The quantitative estimate of drug-likeness (QED) is 0.796. The van der Waals surface area contributed by atoms with Crippen molar-refractivity contribution in [3.8, 4) is 5.75 Å². The number of halogens is 1. The molecule has 3 rings (SSSR count).